The third-order valence-corrected chi connectivity index (χ3v) is 6.92. The van der Waals surface area contributed by atoms with Gasteiger partial charge in [0.15, 0.2) is 0 Å². The second kappa shape index (κ2) is 9.09. The molecule has 1 saturated heterocycles. The molecule has 1 amide bonds. The highest BCUT2D eigenvalue weighted by Crippen LogP contribution is 2.21. The fourth-order valence-electron chi connectivity index (χ4n) is 4.36. The molecule has 164 valence electrons. The summed E-state index contributed by atoms with van der Waals surface area (Å²) in [6.07, 6.45) is 4.02. The SMILES string of the molecule is CC[C@H]1CCCCN1C(=O)Cn1c(=O)n(Cc2cccc(OC)c2)c(=O)c2sccc21. The first-order valence-corrected chi connectivity index (χ1v) is 11.5. The lowest BCUT2D eigenvalue weighted by atomic mass is 10.00. The van der Waals surface area contributed by atoms with Crippen molar-refractivity contribution in [1.29, 1.82) is 0 Å². The molecule has 3 heterocycles. The fourth-order valence-corrected chi connectivity index (χ4v) is 5.20. The predicted molar refractivity (Wildman–Crippen MR) is 122 cm³/mol. The summed E-state index contributed by atoms with van der Waals surface area (Å²) in [7, 11) is 1.58. The number of hydrogen-bond acceptors (Lipinski definition) is 5. The van der Waals surface area contributed by atoms with Gasteiger partial charge in [-0.05, 0) is 54.8 Å². The number of carbonyl (C=O) groups is 1. The van der Waals surface area contributed by atoms with Crippen molar-refractivity contribution in [3.63, 3.8) is 0 Å². The van der Waals surface area contributed by atoms with Gasteiger partial charge in [0.05, 0.1) is 19.2 Å². The molecule has 1 aromatic carbocycles. The number of likely N-dealkylation sites (tertiary alicyclic amines) is 1. The molecule has 1 aliphatic heterocycles. The Balaban J connectivity index is 1.73. The van der Waals surface area contributed by atoms with E-state index in [1.165, 1.54) is 20.5 Å². The molecule has 0 saturated carbocycles. The lowest BCUT2D eigenvalue weighted by Gasteiger charge is -2.35. The molecule has 1 atom stereocenters. The fraction of sp³-hybridized carbons (Fsp3) is 0.435. The minimum Gasteiger partial charge on any atom is -0.497 e. The van der Waals surface area contributed by atoms with Gasteiger partial charge in [-0.2, -0.15) is 0 Å². The van der Waals surface area contributed by atoms with Crippen LogP contribution in [0.15, 0.2) is 45.3 Å². The number of carbonyl (C=O) groups excluding carboxylic acids is 1. The van der Waals surface area contributed by atoms with E-state index in [9.17, 15) is 14.4 Å². The van der Waals surface area contributed by atoms with Crippen LogP contribution in [0.2, 0.25) is 0 Å². The Bertz CT molecular complexity index is 1210. The van der Waals surface area contributed by atoms with Crippen molar-refractivity contribution in [2.45, 2.75) is 51.7 Å². The normalized spacial score (nSPS) is 16.6. The number of nitrogens with zero attached hydrogens (tertiary/aromatic N) is 3. The number of ether oxygens (including phenoxy) is 1. The Labute approximate surface area is 184 Å². The molecule has 1 aliphatic rings. The minimum atomic E-state index is -0.461. The average molecular weight is 442 g/mol. The summed E-state index contributed by atoms with van der Waals surface area (Å²) in [4.78, 5) is 41.5. The van der Waals surface area contributed by atoms with E-state index < -0.39 is 5.69 Å². The zero-order valence-corrected chi connectivity index (χ0v) is 18.7. The van der Waals surface area contributed by atoms with Crippen LogP contribution in [0.1, 0.15) is 38.2 Å². The van der Waals surface area contributed by atoms with E-state index in [2.05, 4.69) is 6.92 Å². The highest BCUT2D eigenvalue weighted by Gasteiger charge is 2.26. The molecule has 3 aromatic rings. The summed E-state index contributed by atoms with van der Waals surface area (Å²) >= 11 is 1.29. The van der Waals surface area contributed by atoms with E-state index in [4.69, 9.17) is 4.74 Å². The van der Waals surface area contributed by atoms with Crippen LogP contribution >= 0.6 is 11.3 Å². The van der Waals surface area contributed by atoms with Gasteiger partial charge in [0.1, 0.15) is 17.0 Å². The molecule has 8 heteroatoms. The lowest BCUT2D eigenvalue weighted by molar-refractivity contribution is -0.135. The van der Waals surface area contributed by atoms with E-state index in [-0.39, 0.29) is 30.6 Å². The second-order valence-electron chi connectivity index (χ2n) is 7.89. The molecule has 0 unspecified atom stereocenters. The van der Waals surface area contributed by atoms with Gasteiger partial charge >= 0.3 is 5.69 Å². The van der Waals surface area contributed by atoms with Gasteiger partial charge in [0, 0.05) is 12.6 Å². The van der Waals surface area contributed by atoms with Crippen LogP contribution in [0.3, 0.4) is 0 Å². The minimum absolute atomic E-state index is 0.0546. The summed E-state index contributed by atoms with van der Waals surface area (Å²) in [5.74, 6) is 0.599. The summed E-state index contributed by atoms with van der Waals surface area (Å²) < 4.78 is 8.42. The maximum Gasteiger partial charge on any atom is 0.332 e. The smallest absolute Gasteiger partial charge is 0.332 e. The first-order chi connectivity index (χ1) is 15.0. The van der Waals surface area contributed by atoms with Crippen LogP contribution < -0.4 is 16.0 Å². The highest BCUT2D eigenvalue weighted by molar-refractivity contribution is 7.17. The van der Waals surface area contributed by atoms with Gasteiger partial charge in [0.25, 0.3) is 5.56 Å². The molecule has 0 N–H and O–H groups in total. The highest BCUT2D eigenvalue weighted by atomic mass is 32.1. The Morgan fingerprint density at radius 3 is 2.81 bits per heavy atom. The molecule has 1 fully saturated rings. The van der Waals surface area contributed by atoms with Crippen molar-refractivity contribution in [2.24, 2.45) is 0 Å². The van der Waals surface area contributed by atoms with Gasteiger partial charge in [-0.15, -0.1) is 11.3 Å². The first kappa shape index (κ1) is 21.4. The number of benzene rings is 1. The predicted octanol–water partition coefficient (Wildman–Crippen LogP) is 3.07. The van der Waals surface area contributed by atoms with Crippen LogP contribution in [-0.2, 0) is 17.9 Å². The monoisotopic (exact) mass is 441 g/mol. The van der Waals surface area contributed by atoms with Crippen molar-refractivity contribution in [2.75, 3.05) is 13.7 Å². The number of fused-ring (bicyclic) bond motifs is 1. The molecule has 0 aliphatic carbocycles. The molecule has 0 radical (unpaired) electrons. The lowest BCUT2D eigenvalue weighted by Crippen LogP contribution is -2.47. The average Bonchev–Trinajstić information content (AvgIpc) is 3.29. The Hall–Kier alpha value is -2.87. The van der Waals surface area contributed by atoms with Crippen LogP contribution in [-0.4, -0.2) is 39.6 Å². The van der Waals surface area contributed by atoms with Crippen LogP contribution in [0, 0.1) is 0 Å². The Morgan fingerprint density at radius 2 is 2.03 bits per heavy atom. The third-order valence-electron chi connectivity index (χ3n) is 6.02. The topological polar surface area (TPSA) is 73.5 Å². The van der Waals surface area contributed by atoms with E-state index >= 15 is 0 Å². The van der Waals surface area contributed by atoms with Crippen LogP contribution in [0.5, 0.6) is 5.75 Å². The maximum absolute atomic E-state index is 13.4. The van der Waals surface area contributed by atoms with Gasteiger partial charge in [-0.25, -0.2) is 4.79 Å². The van der Waals surface area contributed by atoms with Gasteiger partial charge in [-0.1, -0.05) is 19.1 Å². The maximum atomic E-state index is 13.4. The quantitative estimate of drug-likeness (QED) is 0.589. The number of amides is 1. The zero-order chi connectivity index (χ0) is 22.0. The second-order valence-corrected chi connectivity index (χ2v) is 8.81. The van der Waals surface area contributed by atoms with Crippen molar-refractivity contribution >= 4 is 27.5 Å². The summed E-state index contributed by atoms with van der Waals surface area (Å²) in [5, 5.41) is 1.79. The molecule has 0 bridgehead atoms. The Morgan fingerprint density at radius 1 is 1.19 bits per heavy atom. The number of methoxy groups -OCH3 is 1. The van der Waals surface area contributed by atoms with Crippen molar-refractivity contribution in [1.82, 2.24) is 14.0 Å². The molecular formula is C23H27N3O4S. The standard InChI is InChI=1S/C23H27N3O4S/c1-3-17-8-4-5-11-24(17)20(27)15-25-19-10-12-31-21(19)22(28)26(23(25)29)14-16-7-6-9-18(13-16)30-2/h6-7,9-10,12-13,17H,3-5,8,11,14-15H2,1-2H3/t17-/m0/s1. The summed E-state index contributed by atoms with van der Waals surface area (Å²) in [6.45, 7) is 2.88. The molecular weight excluding hydrogens is 414 g/mol. The largest absolute Gasteiger partial charge is 0.497 e. The zero-order valence-electron chi connectivity index (χ0n) is 17.9. The van der Waals surface area contributed by atoms with E-state index in [0.717, 1.165) is 37.8 Å². The molecule has 0 spiro atoms. The number of rotatable bonds is 6. The molecule has 7 nitrogen and oxygen atoms in total. The summed E-state index contributed by atoms with van der Waals surface area (Å²) in [5.41, 5.74) is 0.526. The molecule has 31 heavy (non-hydrogen) atoms. The number of hydrogen-bond donors (Lipinski definition) is 0. The number of piperidine rings is 1. The molecule has 4 rings (SSSR count). The Kier molecular flexibility index (Phi) is 6.27. The third kappa shape index (κ3) is 4.17. The number of aromatic nitrogens is 2. The van der Waals surface area contributed by atoms with Crippen molar-refractivity contribution in [3.8, 4) is 5.75 Å². The first-order valence-electron chi connectivity index (χ1n) is 10.7. The van der Waals surface area contributed by atoms with Crippen LogP contribution in [0.4, 0.5) is 0 Å². The van der Waals surface area contributed by atoms with Gasteiger partial charge < -0.3 is 9.64 Å². The van der Waals surface area contributed by atoms with E-state index in [1.54, 1.807) is 24.6 Å². The van der Waals surface area contributed by atoms with Crippen molar-refractivity contribution < 1.29 is 9.53 Å². The van der Waals surface area contributed by atoms with Crippen molar-refractivity contribution in [3.05, 3.63) is 62.1 Å². The van der Waals surface area contributed by atoms with Crippen LogP contribution in [0.25, 0.3) is 10.2 Å². The van der Waals surface area contributed by atoms with Gasteiger partial charge in [-0.3, -0.25) is 18.7 Å². The van der Waals surface area contributed by atoms with E-state index in [0.29, 0.717) is 16.0 Å². The van der Waals surface area contributed by atoms with E-state index in [1.807, 2.05) is 23.1 Å². The van der Waals surface area contributed by atoms with Gasteiger partial charge in [0.2, 0.25) is 5.91 Å². The molecule has 2 aromatic heterocycles. The number of thiophene rings is 1. The summed E-state index contributed by atoms with van der Waals surface area (Å²) in [6, 6.07) is 9.26.